The summed E-state index contributed by atoms with van der Waals surface area (Å²) in [5.74, 6) is -1.70. The Hall–Kier alpha value is -3.37. The van der Waals surface area contributed by atoms with E-state index in [1.165, 1.54) is 31.5 Å². The summed E-state index contributed by atoms with van der Waals surface area (Å²) in [5.41, 5.74) is 1.73. The second-order valence-corrected chi connectivity index (χ2v) is 8.41. The summed E-state index contributed by atoms with van der Waals surface area (Å²) in [5, 5.41) is 10.7. The van der Waals surface area contributed by atoms with Crippen LogP contribution in [0.15, 0.2) is 38.2 Å². The van der Waals surface area contributed by atoms with Crippen LogP contribution in [-0.4, -0.2) is 25.7 Å². The maximum atomic E-state index is 13.6. The molecule has 0 bridgehead atoms. The molecular formula is C19H14F3N5O3S2. The minimum Gasteiger partial charge on any atom is -0.384 e. The average molecular weight is 481 g/mol. The molecule has 3 aromatic heterocycles. The number of halogens is 3. The van der Waals surface area contributed by atoms with Crippen molar-refractivity contribution in [1.29, 1.82) is 5.26 Å². The maximum Gasteiger partial charge on any atom is 0.417 e. The van der Waals surface area contributed by atoms with Crippen molar-refractivity contribution in [3.05, 3.63) is 61.1 Å². The van der Waals surface area contributed by atoms with Crippen molar-refractivity contribution in [2.45, 2.75) is 11.2 Å². The van der Waals surface area contributed by atoms with Crippen molar-refractivity contribution in [1.82, 2.24) is 14.1 Å². The van der Waals surface area contributed by atoms with Gasteiger partial charge >= 0.3 is 11.9 Å². The molecule has 0 aliphatic rings. The lowest BCUT2D eigenvalue weighted by Gasteiger charge is -2.14. The second kappa shape index (κ2) is 8.64. The van der Waals surface area contributed by atoms with Gasteiger partial charge in [0.2, 0.25) is 0 Å². The molecule has 8 nitrogen and oxygen atoms in total. The number of aromatic nitrogens is 3. The average Bonchev–Trinajstić information content (AvgIpc) is 3.28. The molecule has 2 N–H and O–H groups in total. The van der Waals surface area contributed by atoms with Gasteiger partial charge in [-0.15, -0.1) is 11.3 Å². The molecule has 0 unspecified atom stereocenters. The molecule has 0 aliphatic carbocycles. The largest absolute Gasteiger partial charge is 0.417 e. The van der Waals surface area contributed by atoms with Crippen LogP contribution in [-0.2, 0) is 20.3 Å². The van der Waals surface area contributed by atoms with E-state index in [0.29, 0.717) is 21.2 Å². The molecule has 0 aromatic carbocycles. The van der Waals surface area contributed by atoms with E-state index >= 15 is 0 Å². The molecule has 0 atom stereocenters. The van der Waals surface area contributed by atoms with Crippen molar-refractivity contribution >= 4 is 34.7 Å². The van der Waals surface area contributed by atoms with E-state index in [1.807, 2.05) is 0 Å². The van der Waals surface area contributed by atoms with Gasteiger partial charge in [-0.2, -0.15) is 18.4 Å². The number of nitriles is 1. The van der Waals surface area contributed by atoms with Crippen LogP contribution in [0.2, 0.25) is 0 Å². The van der Waals surface area contributed by atoms with Gasteiger partial charge in [-0.1, -0.05) is 17.8 Å². The zero-order chi connectivity index (χ0) is 23.8. The predicted molar refractivity (Wildman–Crippen MR) is 114 cm³/mol. The fourth-order valence-electron chi connectivity index (χ4n) is 2.84. The predicted octanol–water partition coefficient (Wildman–Crippen LogP) is 2.66. The molecule has 0 aliphatic heterocycles. The first-order chi connectivity index (χ1) is 15.0. The van der Waals surface area contributed by atoms with Crippen molar-refractivity contribution in [2.75, 3.05) is 11.5 Å². The fraction of sp³-hybridized carbons (Fsp3) is 0.211. The van der Waals surface area contributed by atoms with Gasteiger partial charge in [0.15, 0.2) is 5.78 Å². The van der Waals surface area contributed by atoms with Crippen LogP contribution >= 0.6 is 23.1 Å². The number of thiophene rings is 1. The summed E-state index contributed by atoms with van der Waals surface area (Å²) in [6.07, 6.45) is -4.82. The molecule has 3 aromatic rings. The minimum absolute atomic E-state index is 0.00110. The molecule has 0 amide bonds. The topological polar surface area (TPSA) is 124 Å². The Kier molecular flexibility index (Phi) is 6.29. The molecular weight excluding hydrogens is 467 g/mol. The number of alkyl halides is 3. The molecule has 0 fully saturated rings. The first kappa shape index (κ1) is 23.3. The normalized spacial score (nSPS) is 11.4. The maximum absolute atomic E-state index is 13.6. The van der Waals surface area contributed by atoms with Crippen LogP contribution < -0.4 is 17.0 Å². The molecule has 0 saturated heterocycles. The number of Topliss-reactive ketones (excluding diaryl/α,β-unsaturated/α-hetero) is 1. The van der Waals surface area contributed by atoms with Gasteiger partial charge in [0, 0.05) is 14.1 Å². The first-order valence-electron chi connectivity index (χ1n) is 8.75. The lowest BCUT2D eigenvalue weighted by molar-refractivity contribution is -0.138. The summed E-state index contributed by atoms with van der Waals surface area (Å²) in [7, 11) is 2.44. The fourth-order valence-corrected chi connectivity index (χ4v) is 4.40. The standard InChI is InChI=1S/C19H14F3N5O3S2/c1-26-15(24)14(17(29)27(2)18(26)30)12(28)8-32-16-9(7-23)10(19(20,21)22)6-11(25-16)13-4-3-5-31-13/h3-6H,8,24H2,1-2H3. The number of hydrogen-bond donors (Lipinski definition) is 1. The van der Waals surface area contributed by atoms with E-state index in [2.05, 4.69) is 4.98 Å². The number of carbonyl (C=O) groups is 1. The van der Waals surface area contributed by atoms with Gasteiger partial charge in [-0.3, -0.25) is 18.7 Å². The van der Waals surface area contributed by atoms with Crippen LogP contribution in [0.4, 0.5) is 19.0 Å². The summed E-state index contributed by atoms with van der Waals surface area (Å²) in [6.45, 7) is 0. The van der Waals surface area contributed by atoms with Crippen molar-refractivity contribution in [3.8, 4) is 16.6 Å². The Morgan fingerprint density at radius 1 is 1.31 bits per heavy atom. The number of hydrogen-bond acceptors (Lipinski definition) is 8. The number of pyridine rings is 1. The summed E-state index contributed by atoms with van der Waals surface area (Å²) < 4.78 is 42.4. The smallest absolute Gasteiger partial charge is 0.384 e. The quantitative estimate of drug-likeness (QED) is 0.439. The lowest BCUT2D eigenvalue weighted by atomic mass is 10.1. The van der Waals surface area contributed by atoms with Crippen LogP contribution in [0, 0.1) is 11.3 Å². The molecule has 3 heterocycles. The third kappa shape index (κ3) is 4.19. The zero-order valence-corrected chi connectivity index (χ0v) is 18.2. The van der Waals surface area contributed by atoms with Crippen LogP contribution in [0.1, 0.15) is 21.5 Å². The molecule has 166 valence electrons. The Labute approximate surface area is 186 Å². The molecule has 32 heavy (non-hydrogen) atoms. The summed E-state index contributed by atoms with van der Waals surface area (Å²) in [6, 6.07) is 5.51. The van der Waals surface area contributed by atoms with Crippen molar-refractivity contribution in [3.63, 3.8) is 0 Å². The zero-order valence-electron chi connectivity index (χ0n) is 16.6. The van der Waals surface area contributed by atoms with E-state index in [-0.39, 0.29) is 16.5 Å². The van der Waals surface area contributed by atoms with Gasteiger partial charge in [0.25, 0.3) is 5.56 Å². The highest BCUT2D eigenvalue weighted by atomic mass is 32.2. The molecule has 0 spiro atoms. The van der Waals surface area contributed by atoms with Gasteiger partial charge < -0.3 is 5.73 Å². The highest BCUT2D eigenvalue weighted by Crippen LogP contribution is 2.38. The van der Waals surface area contributed by atoms with Crippen LogP contribution in [0.25, 0.3) is 10.6 Å². The number of ketones is 1. The van der Waals surface area contributed by atoms with Crippen molar-refractivity contribution < 1.29 is 18.0 Å². The number of nitrogen functional groups attached to an aromatic ring is 1. The minimum atomic E-state index is -4.82. The third-order valence-electron chi connectivity index (χ3n) is 4.51. The number of nitrogens with zero attached hydrogens (tertiary/aromatic N) is 4. The number of anilines is 1. The van der Waals surface area contributed by atoms with Crippen LogP contribution in [0.3, 0.4) is 0 Å². The Balaban J connectivity index is 2.06. The SMILES string of the molecule is Cn1c(N)c(C(=O)CSc2nc(-c3cccs3)cc(C(F)(F)F)c2C#N)c(=O)n(C)c1=O. The first-order valence-corrected chi connectivity index (χ1v) is 10.6. The monoisotopic (exact) mass is 481 g/mol. The number of thioether (sulfide) groups is 1. The molecule has 0 saturated carbocycles. The Morgan fingerprint density at radius 2 is 2.00 bits per heavy atom. The summed E-state index contributed by atoms with van der Waals surface area (Å²) >= 11 is 1.75. The Bertz CT molecular complexity index is 1370. The van der Waals surface area contributed by atoms with E-state index < -0.39 is 45.7 Å². The van der Waals surface area contributed by atoms with Gasteiger partial charge in [-0.25, -0.2) is 9.78 Å². The van der Waals surface area contributed by atoms with Crippen molar-refractivity contribution in [2.24, 2.45) is 14.1 Å². The lowest BCUT2D eigenvalue weighted by Crippen LogP contribution is -2.41. The van der Waals surface area contributed by atoms with Gasteiger partial charge in [0.1, 0.15) is 22.5 Å². The van der Waals surface area contributed by atoms with E-state index in [4.69, 9.17) is 5.73 Å². The summed E-state index contributed by atoms with van der Waals surface area (Å²) in [4.78, 5) is 41.6. The highest BCUT2D eigenvalue weighted by molar-refractivity contribution is 8.00. The molecule has 3 rings (SSSR count). The number of carbonyl (C=O) groups excluding carboxylic acids is 1. The number of nitrogens with two attached hydrogens (primary N) is 1. The third-order valence-corrected chi connectivity index (χ3v) is 6.37. The van der Waals surface area contributed by atoms with E-state index in [0.717, 1.165) is 10.6 Å². The highest BCUT2D eigenvalue weighted by Gasteiger charge is 2.36. The van der Waals surface area contributed by atoms with Crippen LogP contribution in [0.5, 0.6) is 0 Å². The number of rotatable bonds is 5. The molecule has 13 heteroatoms. The Morgan fingerprint density at radius 3 is 2.56 bits per heavy atom. The van der Waals surface area contributed by atoms with E-state index in [1.54, 1.807) is 17.5 Å². The second-order valence-electron chi connectivity index (χ2n) is 6.50. The molecule has 0 radical (unpaired) electrons. The van der Waals surface area contributed by atoms with Gasteiger partial charge in [-0.05, 0) is 17.5 Å². The van der Waals surface area contributed by atoms with Gasteiger partial charge in [0.05, 0.1) is 27.5 Å². The van der Waals surface area contributed by atoms with E-state index in [9.17, 15) is 32.8 Å².